The number of hydrogen-bond donors (Lipinski definition) is 2. The van der Waals surface area contributed by atoms with Gasteiger partial charge in [-0.25, -0.2) is 5.10 Å². The average Bonchev–Trinajstić information content (AvgIpc) is 2.65. The monoisotopic (exact) mass is 431 g/mol. The molecule has 0 radical (unpaired) electrons. The number of amides is 1. The van der Waals surface area contributed by atoms with Crippen LogP contribution in [0.5, 0.6) is 5.75 Å². The number of carbonyl (C=O) groups excluding carboxylic acids is 1. The van der Waals surface area contributed by atoms with Crippen molar-refractivity contribution >= 4 is 28.9 Å². The number of H-pyrrole nitrogens is 1. The van der Waals surface area contributed by atoms with Gasteiger partial charge in [0.15, 0.2) is 0 Å². The van der Waals surface area contributed by atoms with E-state index >= 15 is 0 Å². The third kappa shape index (κ3) is 5.84. The van der Waals surface area contributed by atoms with Crippen molar-refractivity contribution in [2.45, 2.75) is 6.36 Å². The zero-order chi connectivity index (χ0) is 21.0. The van der Waals surface area contributed by atoms with Crippen molar-refractivity contribution in [3.05, 3.63) is 45.8 Å². The number of alkyl halides is 3. The van der Waals surface area contributed by atoms with E-state index in [1.54, 1.807) is 0 Å². The lowest BCUT2D eigenvalue weighted by Gasteiger charge is -2.35. The van der Waals surface area contributed by atoms with Crippen LogP contribution in [0.15, 0.2) is 35.3 Å². The maximum absolute atomic E-state index is 12.2. The molecule has 156 valence electrons. The van der Waals surface area contributed by atoms with E-state index in [2.05, 4.69) is 20.3 Å². The summed E-state index contributed by atoms with van der Waals surface area (Å²) in [5.74, 6) is -0.654. The number of aromatic nitrogens is 2. The van der Waals surface area contributed by atoms with Gasteiger partial charge in [0.05, 0.1) is 18.4 Å². The molecule has 0 aliphatic carbocycles. The lowest BCUT2D eigenvalue weighted by molar-refractivity contribution is -0.274. The Morgan fingerprint density at radius 3 is 2.48 bits per heavy atom. The number of benzene rings is 1. The average molecular weight is 432 g/mol. The highest BCUT2D eigenvalue weighted by molar-refractivity contribution is 6.33. The van der Waals surface area contributed by atoms with Crippen LogP contribution in [0.1, 0.15) is 0 Å². The number of anilines is 2. The van der Waals surface area contributed by atoms with Gasteiger partial charge in [-0.1, -0.05) is 11.6 Å². The maximum atomic E-state index is 12.2. The summed E-state index contributed by atoms with van der Waals surface area (Å²) < 4.78 is 40.3. The molecule has 0 bridgehead atoms. The van der Waals surface area contributed by atoms with Gasteiger partial charge in [0.1, 0.15) is 10.8 Å². The first-order valence-corrected chi connectivity index (χ1v) is 8.95. The zero-order valence-corrected chi connectivity index (χ0v) is 15.8. The van der Waals surface area contributed by atoms with E-state index in [4.69, 9.17) is 11.6 Å². The fourth-order valence-corrected chi connectivity index (χ4v) is 3.10. The van der Waals surface area contributed by atoms with Crippen LogP contribution < -0.4 is 20.5 Å². The largest absolute Gasteiger partial charge is 0.573 e. The first-order valence-electron chi connectivity index (χ1n) is 8.57. The predicted octanol–water partition coefficient (Wildman–Crippen LogP) is 2.08. The van der Waals surface area contributed by atoms with Gasteiger partial charge in [0, 0.05) is 31.9 Å². The van der Waals surface area contributed by atoms with Crippen LogP contribution in [-0.4, -0.2) is 60.1 Å². The summed E-state index contributed by atoms with van der Waals surface area (Å²) in [5.41, 5.74) is 0.447. The van der Waals surface area contributed by atoms with Gasteiger partial charge in [0.25, 0.3) is 5.56 Å². The van der Waals surface area contributed by atoms with Gasteiger partial charge in [-0.3, -0.25) is 14.5 Å². The molecular weight excluding hydrogens is 415 g/mol. The first-order chi connectivity index (χ1) is 13.7. The Morgan fingerprint density at radius 1 is 1.21 bits per heavy atom. The minimum Gasteiger partial charge on any atom is -0.406 e. The van der Waals surface area contributed by atoms with Crippen molar-refractivity contribution in [3.8, 4) is 5.75 Å². The molecule has 29 heavy (non-hydrogen) atoms. The van der Waals surface area contributed by atoms with Crippen molar-refractivity contribution in [2.75, 3.05) is 42.9 Å². The van der Waals surface area contributed by atoms with E-state index in [1.807, 2.05) is 9.80 Å². The summed E-state index contributed by atoms with van der Waals surface area (Å²) in [6, 6.07) is 4.92. The molecule has 0 spiro atoms. The molecule has 8 nitrogen and oxygen atoms in total. The van der Waals surface area contributed by atoms with E-state index < -0.39 is 11.9 Å². The van der Waals surface area contributed by atoms with Crippen molar-refractivity contribution in [1.82, 2.24) is 15.1 Å². The van der Waals surface area contributed by atoms with E-state index in [-0.39, 0.29) is 23.2 Å². The molecule has 0 saturated carbocycles. The molecule has 12 heteroatoms. The summed E-state index contributed by atoms with van der Waals surface area (Å²) in [6.45, 7) is 2.36. The SMILES string of the molecule is O=C(CN1CCN(c2cn[nH]c(=O)c2Cl)CC1)Nc1ccc(OC(F)(F)F)cc1. The minimum atomic E-state index is -4.76. The maximum Gasteiger partial charge on any atom is 0.573 e. The number of hydrogen-bond acceptors (Lipinski definition) is 6. The molecule has 0 unspecified atom stereocenters. The molecule has 2 heterocycles. The number of carbonyl (C=O) groups is 1. The number of nitrogens with one attached hydrogen (secondary N) is 2. The molecule has 1 aliphatic heterocycles. The Balaban J connectivity index is 1.48. The molecule has 0 atom stereocenters. The lowest BCUT2D eigenvalue weighted by Crippen LogP contribution is -2.49. The van der Waals surface area contributed by atoms with Crippen LogP contribution in [-0.2, 0) is 4.79 Å². The number of halogens is 4. The standard InChI is InChI=1S/C17H17ClF3N5O3/c18-15-13(9-22-24-16(15)28)26-7-5-25(6-8-26)10-14(27)23-11-1-3-12(4-2-11)29-17(19,20)21/h1-4,9H,5-8,10H2,(H,23,27)(H,24,28). The van der Waals surface area contributed by atoms with Crippen LogP contribution in [0, 0.1) is 0 Å². The molecule has 1 aliphatic rings. The Hall–Kier alpha value is -2.79. The Bertz CT molecular complexity index is 912. The third-order valence-corrected chi connectivity index (χ3v) is 4.59. The molecule has 3 rings (SSSR count). The highest BCUT2D eigenvalue weighted by Gasteiger charge is 2.31. The quantitative estimate of drug-likeness (QED) is 0.753. The number of piperazine rings is 1. The number of rotatable bonds is 5. The topological polar surface area (TPSA) is 90.6 Å². The van der Waals surface area contributed by atoms with Crippen molar-refractivity contribution in [2.24, 2.45) is 0 Å². The van der Waals surface area contributed by atoms with Crippen LogP contribution in [0.2, 0.25) is 5.02 Å². The highest BCUT2D eigenvalue weighted by atomic mass is 35.5. The zero-order valence-electron chi connectivity index (χ0n) is 15.0. The summed E-state index contributed by atoms with van der Waals surface area (Å²) in [5, 5.41) is 8.71. The summed E-state index contributed by atoms with van der Waals surface area (Å²) in [6.07, 6.45) is -3.28. The van der Waals surface area contributed by atoms with Crippen molar-refractivity contribution in [3.63, 3.8) is 0 Å². The number of ether oxygens (including phenoxy) is 1. The smallest absolute Gasteiger partial charge is 0.406 e. The fourth-order valence-electron chi connectivity index (χ4n) is 2.89. The molecule has 1 amide bonds. The second-order valence-corrected chi connectivity index (χ2v) is 6.66. The molecule has 2 aromatic rings. The van der Waals surface area contributed by atoms with Gasteiger partial charge in [-0.05, 0) is 24.3 Å². The van der Waals surface area contributed by atoms with Crippen LogP contribution in [0.3, 0.4) is 0 Å². The van der Waals surface area contributed by atoms with E-state index in [0.29, 0.717) is 37.6 Å². The minimum absolute atomic E-state index is 0.0733. The molecule has 1 aromatic carbocycles. The molecule has 1 saturated heterocycles. The molecule has 1 aromatic heterocycles. The second kappa shape index (κ2) is 8.70. The Morgan fingerprint density at radius 2 is 1.86 bits per heavy atom. The third-order valence-electron chi connectivity index (χ3n) is 4.23. The number of aromatic amines is 1. The van der Waals surface area contributed by atoms with E-state index in [1.165, 1.54) is 18.3 Å². The molecule has 2 N–H and O–H groups in total. The van der Waals surface area contributed by atoms with Gasteiger partial charge in [0.2, 0.25) is 5.91 Å². The molecular formula is C17H17ClF3N5O3. The van der Waals surface area contributed by atoms with Crippen molar-refractivity contribution < 1.29 is 22.7 Å². The summed E-state index contributed by atoms with van der Waals surface area (Å²) >= 11 is 6.01. The summed E-state index contributed by atoms with van der Waals surface area (Å²) in [7, 11) is 0. The second-order valence-electron chi connectivity index (χ2n) is 6.28. The van der Waals surface area contributed by atoms with Crippen LogP contribution in [0.4, 0.5) is 24.5 Å². The highest BCUT2D eigenvalue weighted by Crippen LogP contribution is 2.24. The first kappa shape index (κ1) is 20.9. The van der Waals surface area contributed by atoms with Gasteiger partial charge in [-0.2, -0.15) is 5.10 Å². The Kier molecular flexibility index (Phi) is 6.28. The van der Waals surface area contributed by atoms with Crippen LogP contribution >= 0.6 is 11.6 Å². The normalized spacial score (nSPS) is 15.2. The number of nitrogens with zero attached hydrogens (tertiary/aromatic N) is 3. The van der Waals surface area contributed by atoms with Gasteiger partial charge >= 0.3 is 6.36 Å². The van der Waals surface area contributed by atoms with Gasteiger partial charge < -0.3 is 15.0 Å². The summed E-state index contributed by atoms with van der Waals surface area (Å²) in [4.78, 5) is 27.6. The van der Waals surface area contributed by atoms with E-state index in [9.17, 15) is 22.8 Å². The van der Waals surface area contributed by atoms with E-state index in [0.717, 1.165) is 12.1 Å². The lowest BCUT2D eigenvalue weighted by atomic mass is 10.2. The van der Waals surface area contributed by atoms with Crippen LogP contribution in [0.25, 0.3) is 0 Å². The predicted molar refractivity (Wildman–Crippen MR) is 100 cm³/mol. The van der Waals surface area contributed by atoms with Gasteiger partial charge in [-0.15, -0.1) is 13.2 Å². The fraction of sp³-hybridized carbons (Fsp3) is 0.353. The Labute approximate surface area is 168 Å². The molecule has 1 fully saturated rings. The van der Waals surface area contributed by atoms with Crippen molar-refractivity contribution in [1.29, 1.82) is 0 Å².